The second kappa shape index (κ2) is 10.8. The summed E-state index contributed by atoms with van der Waals surface area (Å²) in [6.45, 7) is 3.03. The van der Waals surface area contributed by atoms with E-state index in [2.05, 4.69) is 4.90 Å². The van der Waals surface area contributed by atoms with Crippen LogP contribution >= 0.6 is 0 Å². The predicted octanol–water partition coefficient (Wildman–Crippen LogP) is 1.85. The highest BCUT2D eigenvalue weighted by Crippen LogP contribution is 2.16. The van der Waals surface area contributed by atoms with Crippen LogP contribution in [-0.2, 0) is 16.1 Å². The van der Waals surface area contributed by atoms with Gasteiger partial charge in [0.05, 0.1) is 4.92 Å². The normalized spacial score (nSPS) is 13.6. The SMILES string of the molecule is O=C(O)C(=O)O.O=C(c1cccc(F)c1)N1CCN(Cc2cccc([N+](=O)[O-])c2)CC1. The van der Waals surface area contributed by atoms with Crippen LogP contribution in [0.2, 0.25) is 0 Å². The number of aliphatic carboxylic acids is 2. The highest BCUT2D eigenvalue weighted by Gasteiger charge is 2.22. The number of piperazine rings is 1. The zero-order valence-electron chi connectivity index (χ0n) is 16.3. The van der Waals surface area contributed by atoms with Gasteiger partial charge in [-0.1, -0.05) is 18.2 Å². The number of carboxylic acid groups (broad SMARTS) is 2. The van der Waals surface area contributed by atoms with Gasteiger partial charge in [0.15, 0.2) is 0 Å². The molecule has 1 amide bonds. The summed E-state index contributed by atoms with van der Waals surface area (Å²) in [6.07, 6.45) is 0. The van der Waals surface area contributed by atoms with Crippen molar-refractivity contribution in [2.75, 3.05) is 26.2 Å². The van der Waals surface area contributed by atoms with Crippen molar-refractivity contribution in [1.29, 1.82) is 0 Å². The quantitative estimate of drug-likeness (QED) is 0.423. The van der Waals surface area contributed by atoms with E-state index >= 15 is 0 Å². The molecule has 2 aromatic rings. The number of amides is 1. The first-order chi connectivity index (χ1) is 14.7. The molecular formula is C20H20FN3O7. The van der Waals surface area contributed by atoms with Crippen LogP contribution in [-0.4, -0.2) is 69.0 Å². The number of benzene rings is 2. The van der Waals surface area contributed by atoms with Gasteiger partial charge in [0.2, 0.25) is 0 Å². The highest BCUT2D eigenvalue weighted by atomic mass is 19.1. The Bertz CT molecular complexity index is 963. The fourth-order valence-corrected chi connectivity index (χ4v) is 2.94. The molecule has 1 fully saturated rings. The molecule has 1 saturated heterocycles. The second-order valence-electron chi connectivity index (χ2n) is 6.62. The van der Waals surface area contributed by atoms with Crippen LogP contribution in [0.4, 0.5) is 10.1 Å². The van der Waals surface area contributed by atoms with E-state index in [0.29, 0.717) is 38.3 Å². The number of nitro benzene ring substituents is 1. The number of hydrogen-bond donors (Lipinski definition) is 2. The number of nitro groups is 1. The maximum atomic E-state index is 13.3. The number of rotatable bonds is 4. The van der Waals surface area contributed by atoms with Gasteiger partial charge in [0.25, 0.3) is 11.6 Å². The molecule has 11 heteroatoms. The van der Waals surface area contributed by atoms with Crippen LogP contribution in [0, 0.1) is 15.9 Å². The van der Waals surface area contributed by atoms with Gasteiger partial charge < -0.3 is 15.1 Å². The topological polar surface area (TPSA) is 141 Å². The molecule has 0 aliphatic carbocycles. The van der Waals surface area contributed by atoms with Crippen LogP contribution in [0.25, 0.3) is 0 Å². The molecule has 2 aromatic carbocycles. The van der Waals surface area contributed by atoms with Crippen molar-refractivity contribution in [2.24, 2.45) is 0 Å². The number of carbonyl (C=O) groups is 3. The molecule has 2 N–H and O–H groups in total. The van der Waals surface area contributed by atoms with Crippen molar-refractivity contribution in [3.8, 4) is 0 Å². The van der Waals surface area contributed by atoms with Gasteiger partial charge in [-0.3, -0.25) is 19.8 Å². The summed E-state index contributed by atoms with van der Waals surface area (Å²) in [4.78, 5) is 44.9. The van der Waals surface area contributed by atoms with Crippen molar-refractivity contribution in [2.45, 2.75) is 6.54 Å². The van der Waals surface area contributed by atoms with Crippen LogP contribution < -0.4 is 0 Å². The van der Waals surface area contributed by atoms with E-state index < -0.39 is 22.7 Å². The minimum Gasteiger partial charge on any atom is -0.473 e. The lowest BCUT2D eigenvalue weighted by atomic mass is 10.1. The molecule has 1 heterocycles. The summed E-state index contributed by atoms with van der Waals surface area (Å²) in [6, 6.07) is 12.3. The Morgan fingerprint density at radius 3 is 2.13 bits per heavy atom. The Kier molecular flexibility index (Phi) is 8.15. The van der Waals surface area contributed by atoms with Gasteiger partial charge in [-0.05, 0) is 23.8 Å². The van der Waals surface area contributed by atoms with Crippen molar-refractivity contribution >= 4 is 23.5 Å². The molecule has 0 unspecified atom stereocenters. The average molecular weight is 433 g/mol. The number of hydrogen-bond acceptors (Lipinski definition) is 6. The molecule has 164 valence electrons. The smallest absolute Gasteiger partial charge is 0.414 e. The highest BCUT2D eigenvalue weighted by molar-refractivity contribution is 6.27. The fourth-order valence-electron chi connectivity index (χ4n) is 2.94. The van der Waals surface area contributed by atoms with E-state index in [-0.39, 0.29) is 11.6 Å². The van der Waals surface area contributed by atoms with Crippen LogP contribution in [0.15, 0.2) is 48.5 Å². The zero-order chi connectivity index (χ0) is 23.0. The van der Waals surface area contributed by atoms with E-state index in [1.54, 1.807) is 23.1 Å². The predicted molar refractivity (Wildman–Crippen MR) is 106 cm³/mol. The Hall–Kier alpha value is -3.86. The molecule has 0 atom stereocenters. The van der Waals surface area contributed by atoms with Crippen LogP contribution in [0.1, 0.15) is 15.9 Å². The molecule has 3 rings (SSSR count). The third-order valence-electron chi connectivity index (χ3n) is 4.44. The van der Waals surface area contributed by atoms with E-state index in [0.717, 1.165) is 5.56 Å². The van der Waals surface area contributed by atoms with E-state index in [1.165, 1.54) is 24.3 Å². The zero-order valence-corrected chi connectivity index (χ0v) is 16.3. The van der Waals surface area contributed by atoms with Crippen molar-refractivity contribution in [1.82, 2.24) is 9.80 Å². The van der Waals surface area contributed by atoms with Crippen molar-refractivity contribution in [3.05, 3.63) is 75.6 Å². The first-order valence-corrected chi connectivity index (χ1v) is 9.14. The second-order valence-corrected chi connectivity index (χ2v) is 6.62. The summed E-state index contributed by atoms with van der Waals surface area (Å²) in [5, 5.41) is 25.6. The van der Waals surface area contributed by atoms with Gasteiger partial charge in [0, 0.05) is 50.4 Å². The van der Waals surface area contributed by atoms with E-state index in [9.17, 15) is 19.3 Å². The summed E-state index contributed by atoms with van der Waals surface area (Å²) < 4.78 is 13.3. The number of non-ortho nitro benzene ring substituents is 1. The number of carbonyl (C=O) groups excluding carboxylic acids is 1. The lowest BCUT2D eigenvalue weighted by molar-refractivity contribution is -0.384. The largest absolute Gasteiger partial charge is 0.473 e. The number of carboxylic acids is 2. The Morgan fingerprint density at radius 1 is 0.968 bits per heavy atom. The summed E-state index contributed by atoms with van der Waals surface area (Å²) in [5.41, 5.74) is 1.31. The van der Waals surface area contributed by atoms with Gasteiger partial charge in [-0.15, -0.1) is 0 Å². The first-order valence-electron chi connectivity index (χ1n) is 9.14. The van der Waals surface area contributed by atoms with Crippen LogP contribution in [0.5, 0.6) is 0 Å². The molecule has 0 spiro atoms. The molecule has 0 saturated carbocycles. The molecule has 0 bridgehead atoms. The molecule has 10 nitrogen and oxygen atoms in total. The molecule has 1 aliphatic heterocycles. The number of halogens is 1. The maximum absolute atomic E-state index is 13.3. The van der Waals surface area contributed by atoms with Crippen molar-refractivity contribution in [3.63, 3.8) is 0 Å². The lowest BCUT2D eigenvalue weighted by Gasteiger charge is -2.34. The van der Waals surface area contributed by atoms with Crippen LogP contribution in [0.3, 0.4) is 0 Å². The fraction of sp³-hybridized carbons (Fsp3) is 0.250. The van der Waals surface area contributed by atoms with Gasteiger partial charge in [-0.2, -0.15) is 0 Å². The number of nitrogens with zero attached hydrogens (tertiary/aromatic N) is 3. The monoisotopic (exact) mass is 433 g/mol. The van der Waals surface area contributed by atoms with E-state index in [4.69, 9.17) is 19.8 Å². The molecule has 31 heavy (non-hydrogen) atoms. The molecular weight excluding hydrogens is 413 g/mol. The average Bonchev–Trinajstić information content (AvgIpc) is 2.74. The first kappa shape index (κ1) is 23.4. The molecule has 0 radical (unpaired) electrons. The standard InChI is InChI=1S/C18H18FN3O3.C2H2O4/c19-16-5-2-4-15(12-16)18(23)21-9-7-20(8-10-21)13-14-3-1-6-17(11-14)22(24)25;3-1(4)2(5)6/h1-6,11-12H,7-10,13H2;(H,3,4)(H,5,6). The molecule has 0 aromatic heterocycles. The lowest BCUT2D eigenvalue weighted by Crippen LogP contribution is -2.48. The minimum atomic E-state index is -1.82. The van der Waals surface area contributed by atoms with Gasteiger partial charge in [0.1, 0.15) is 5.82 Å². The maximum Gasteiger partial charge on any atom is 0.414 e. The van der Waals surface area contributed by atoms with Gasteiger partial charge >= 0.3 is 11.9 Å². The third-order valence-corrected chi connectivity index (χ3v) is 4.44. The minimum absolute atomic E-state index is 0.0809. The van der Waals surface area contributed by atoms with Crippen molar-refractivity contribution < 1.29 is 33.9 Å². The third kappa shape index (κ3) is 7.16. The summed E-state index contributed by atoms with van der Waals surface area (Å²) in [7, 11) is 0. The Morgan fingerprint density at radius 2 is 1.58 bits per heavy atom. The van der Waals surface area contributed by atoms with Gasteiger partial charge in [-0.25, -0.2) is 14.0 Å². The summed E-state index contributed by atoms with van der Waals surface area (Å²) >= 11 is 0. The molecule has 1 aliphatic rings. The summed E-state index contributed by atoms with van der Waals surface area (Å²) in [5.74, 6) is -4.24. The van der Waals surface area contributed by atoms with E-state index in [1.807, 2.05) is 6.07 Å². The Balaban J connectivity index is 0.000000501. The Labute approximate surface area is 176 Å².